The van der Waals surface area contributed by atoms with Gasteiger partial charge in [-0.15, -0.1) is 0 Å². The number of nitrogens with one attached hydrogen (secondary N) is 2. The standard InChI is InChI=1S/C19H14F3N3O3/c1-28-18(27)13-6-2-4-8-15(13)24-11-12(10-23)17(26)25-16-9-5-3-7-14(16)19(20,21)22/h2-9,11,24H,1H3,(H,25,26)/b12-11-. The van der Waals surface area contributed by atoms with E-state index in [0.717, 1.165) is 18.3 Å². The molecule has 0 radical (unpaired) electrons. The maximum atomic E-state index is 13.0. The first-order chi connectivity index (χ1) is 13.3. The van der Waals surface area contributed by atoms with E-state index >= 15 is 0 Å². The van der Waals surface area contributed by atoms with E-state index < -0.39 is 34.9 Å². The van der Waals surface area contributed by atoms with Crippen LogP contribution in [0.1, 0.15) is 15.9 Å². The number of para-hydroxylation sites is 2. The minimum absolute atomic E-state index is 0.154. The fourth-order valence-electron chi connectivity index (χ4n) is 2.22. The van der Waals surface area contributed by atoms with Crippen molar-refractivity contribution in [3.05, 3.63) is 71.4 Å². The van der Waals surface area contributed by atoms with E-state index in [4.69, 9.17) is 0 Å². The van der Waals surface area contributed by atoms with Crippen LogP contribution in [-0.4, -0.2) is 19.0 Å². The molecule has 0 heterocycles. The molecule has 0 spiro atoms. The normalized spacial score (nSPS) is 11.3. The van der Waals surface area contributed by atoms with Crippen LogP contribution in [-0.2, 0) is 15.7 Å². The SMILES string of the molecule is COC(=O)c1ccccc1N/C=C(/C#N)C(=O)Nc1ccccc1C(F)(F)F. The van der Waals surface area contributed by atoms with Gasteiger partial charge in [-0.05, 0) is 24.3 Å². The molecule has 0 aliphatic rings. The fraction of sp³-hybridized carbons (Fsp3) is 0.105. The Morgan fingerprint density at radius 3 is 2.29 bits per heavy atom. The molecule has 0 unspecified atom stereocenters. The van der Waals surface area contributed by atoms with Crippen molar-refractivity contribution in [1.29, 1.82) is 5.26 Å². The third kappa shape index (κ3) is 4.88. The number of ether oxygens (including phenoxy) is 1. The van der Waals surface area contributed by atoms with Gasteiger partial charge in [0.05, 0.1) is 29.6 Å². The number of nitriles is 1. The number of benzene rings is 2. The van der Waals surface area contributed by atoms with Gasteiger partial charge in [-0.1, -0.05) is 24.3 Å². The molecule has 6 nitrogen and oxygen atoms in total. The Hall–Kier alpha value is -3.80. The van der Waals surface area contributed by atoms with Gasteiger partial charge in [-0.3, -0.25) is 4.79 Å². The van der Waals surface area contributed by atoms with Gasteiger partial charge in [0.1, 0.15) is 11.6 Å². The van der Waals surface area contributed by atoms with Crippen molar-refractivity contribution >= 4 is 23.3 Å². The number of nitrogens with zero attached hydrogens (tertiary/aromatic N) is 1. The molecule has 0 aliphatic heterocycles. The molecule has 0 saturated carbocycles. The average Bonchev–Trinajstić information content (AvgIpc) is 2.67. The monoisotopic (exact) mass is 389 g/mol. The van der Waals surface area contributed by atoms with Gasteiger partial charge in [0.25, 0.3) is 5.91 Å². The number of hydrogen-bond donors (Lipinski definition) is 2. The predicted octanol–water partition coefficient (Wildman–Crippen LogP) is 3.95. The lowest BCUT2D eigenvalue weighted by atomic mass is 10.1. The number of amides is 1. The summed E-state index contributed by atoms with van der Waals surface area (Å²) in [5, 5.41) is 13.9. The Morgan fingerprint density at radius 1 is 1.07 bits per heavy atom. The Balaban J connectivity index is 2.25. The van der Waals surface area contributed by atoms with E-state index in [1.54, 1.807) is 18.2 Å². The number of hydrogen-bond acceptors (Lipinski definition) is 5. The third-order valence-corrected chi connectivity index (χ3v) is 3.55. The lowest BCUT2D eigenvalue weighted by Gasteiger charge is -2.13. The topological polar surface area (TPSA) is 91.2 Å². The summed E-state index contributed by atoms with van der Waals surface area (Å²) in [5.41, 5.74) is -1.59. The molecule has 1 amide bonds. The van der Waals surface area contributed by atoms with E-state index in [-0.39, 0.29) is 11.3 Å². The Kier molecular flexibility index (Phi) is 6.39. The van der Waals surface area contributed by atoms with Crippen LogP contribution in [0.15, 0.2) is 60.3 Å². The summed E-state index contributed by atoms with van der Waals surface area (Å²) in [6.07, 6.45) is -3.68. The molecule has 2 aromatic carbocycles. The summed E-state index contributed by atoms with van der Waals surface area (Å²) in [6, 6.07) is 12.2. The van der Waals surface area contributed by atoms with Crippen molar-refractivity contribution in [2.24, 2.45) is 0 Å². The Morgan fingerprint density at radius 2 is 1.68 bits per heavy atom. The molecule has 0 bridgehead atoms. The fourth-order valence-corrected chi connectivity index (χ4v) is 2.22. The number of alkyl halides is 3. The molecular formula is C19H14F3N3O3. The maximum absolute atomic E-state index is 13.0. The van der Waals surface area contributed by atoms with Crippen molar-refractivity contribution in [2.75, 3.05) is 17.7 Å². The van der Waals surface area contributed by atoms with Gasteiger partial charge in [-0.2, -0.15) is 18.4 Å². The molecule has 0 fully saturated rings. The second-order valence-electron chi connectivity index (χ2n) is 5.35. The van der Waals surface area contributed by atoms with E-state index in [1.165, 1.54) is 31.4 Å². The minimum atomic E-state index is -4.67. The predicted molar refractivity (Wildman–Crippen MR) is 95.2 cm³/mol. The molecule has 28 heavy (non-hydrogen) atoms. The van der Waals surface area contributed by atoms with Crippen LogP contribution >= 0.6 is 0 Å². The van der Waals surface area contributed by atoms with Crippen molar-refractivity contribution in [3.8, 4) is 6.07 Å². The van der Waals surface area contributed by atoms with Crippen molar-refractivity contribution in [2.45, 2.75) is 6.18 Å². The van der Waals surface area contributed by atoms with E-state index in [1.807, 2.05) is 0 Å². The molecule has 2 aromatic rings. The third-order valence-electron chi connectivity index (χ3n) is 3.55. The van der Waals surface area contributed by atoms with Crippen LogP contribution < -0.4 is 10.6 Å². The number of esters is 1. The summed E-state index contributed by atoms with van der Waals surface area (Å²) in [7, 11) is 1.20. The number of rotatable bonds is 5. The van der Waals surface area contributed by atoms with Crippen LogP contribution in [0.5, 0.6) is 0 Å². The summed E-state index contributed by atoms with van der Waals surface area (Å²) < 4.78 is 43.7. The molecule has 0 aromatic heterocycles. The minimum Gasteiger partial charge on any atom is -0.465 e. The van der Waals surface area contributed by atoms with Crippen LogP contribution in [0.3, 0.4) is 0 Å². The van der Waals surface area contributed by atoms with Crippen LogP contribution in [0.4, 0.5) is 24.5 Å². The highest BCUT2D eigenvalue weighted by molar-refractivity contribution is 6.07. The first-order valence-corrected chi connectivity index (χ1v) is 7.79. The summed E-state index contributed by atoms with van der Waals surface area (Å²) >= 11 is 0. The molecule has 2 rings (SSSR count). The summed E-state index contributed by atoms with van der Waals surface area (Å²) in [5.74, 6) is -1.68. The van der Waals surface area contributed by atoms with E-state index in [0.29, 0.717) is 0 Å². The quantitative estimate of drug-likeness (QED) is 0.459. The van der Waals surface area contributed by atoms with Crippen LogP contribution in [0, 0.1) is 11.3 Å². The number of anilines is 2. The molecular weight excluding hydrogens is 375 g/mol. The maximum Gasteiger partial charge on any atom is 0.418 e. The number of halogens is 3. The molecule has 9 heteroatoms. The van der Waals surface area contributed by atoms with Crippen LogP contribution in [0.2, 0.25) is 0 Å². The Labute approximate surface area is 158 Å². The number of carbonyl (C=O) groups is 2. The largest absolute Gasteiger partial charge is 0.465 e. The number of methoxy groups -OCH3 is 1. The van der Waals surface area contributed by atoms with Gasteiger partial charge in [-0.25, -0.2) is 4.79 Å². The average molecular weight is 389 g/mol. The highest BCUT2D eigenvalue weighted by atomic mass is 19.4. The second-order valence-corrected chi connectivity index (χ2v) is 5.35. The lowest BCUT2D eigenvalue weighted by Crippen LogP contribution is -2.18. The van der Waals surface area contributed by atoms with Crippen molar-refractivity contribution in [1.82, 2.24) is 0 Å². The molecule has 0 saturated heterocycles. The van der Waals surface area contributed by atoms with Gasteiger partial charge >= 0.3 is 12.1 Å². The molecule has 2 N–H and O–H groups in total. The highest BCUT2D eigenvalue weighted by Crippen LogP contribution is 2.34. The van der Waals surface area contributed by atoms with Crippen molar-refractivity contribution < 1.29 is 27.5 Å². The van der Waals surface area contributed by atoms with Gasteiger partial charge in [0, 0.05) is 6.20 Å². The van der Waals surface area contributed by atoms with E-state index in [2.05, 4.69) is 15.4 Å². The smallest absolute Gasteiger partial charge is 0.418 e. The zero-order chi connectivity index (χ0) is 20.7. The van der Waals surface area contributed by atoms with Gasteiger partial charge < -0.3 is 15.4 Å². The number of carbonyl (C=O) groups excluding carboxylic acids is 2. The summed E-state index contributed by atoms with van der Waals surface area (Å²) in [6.45, 7) is 0. The van der Waals surface area contributed by atoms with E-state index in [9.17, 15) is 28.0 Å². The van der Waals surface area contributed by atoms with Gasteiger partial charge in [0.15, 0.2) is 0 Å². The lowest BCUT2D eigenvalue weighted by molar-refractivity contribution is -0.137. The molecule has 0 atom stereocenters. The zero-order valence-electron chi connectivity index (χ0n) is 14.5. The summed E-state index contributed by atoms with van der Waals surface area (Å²) in [4.78, 5) is 23.9. The first kappa shape index (κ1) is 20.5. The molecule has 144 valence electrons. The van der Waals surface area contributed by atoms with Crippen LogP contribution in [0.25, 0.3) is 0 Å². The zero-order valence-corrected chi connectivity index (χ0v) is 14.5. The highest BCUT2D eigenvalue weighted by Gasteiger charge is 2.33. The second kappa shape index (κ2) is 8.73. The first-order valence-electron chi connectivity index (χ1n) is 7.79. The van der Waals surface area contributed by atoms with Crippen molar-refractivity contribution in [3.63, 3.8) is 0 Å². The van der Waals surface area contributed by atoms with Gasteiger partial charge in [0.2, 0.25) is 0 Å². The Bertz CT molecular complexity index is 963. The molecule has 0 aliphatic carbocycles.